The van der Waals surface area contributed by atoms with E-state index in [1.165, 1.54) is 0 Å². The Labute approximate surface area is 109 Å². The van der Waals surface area contributed by atoms with E-state index in [1.54, 1.807) is 26.0 Å². The molecule has 0 amide bonds. The van der Waals surface area contributed by atoms with Crippen molar-refractivity contribution in [2.75, 3.05) is 12.4 Å². The van der Waals surface area contributed by atoms with Crippen LogP contribution in [0.1, 0.15) is 11.1 Å². The lowest BCUT2D eigenvalue weighted by Gasteiger charge is -2.15. The fourth-order valence-corrected chi connectivity index (χ4v) is 1.57. The predicted octanol–water partition coefficient (Wildman–Crippen LogP) is 3.33. The second kappa shape index (κ2) is 5.77. The van der Waals surface area contributed by atoms with Crippen molar-refractivity contribution in [2.24, 2.45) is 0 Å². The SMILES string of the molecule is COC(=O)/C=C(\Nc1cc(C)cc(C)c1)C(F)(F)F. The number of methoxy groups -OCH3 is 1. The predicted molar refractivity (Wildman–Crippen MR) is 65.7 cm³/mol. The minimum absolute atomic E-state index is 0.268. The second-order valence-electron chi connectivity index (χ2n) is 4.08. The lowest BCUT2D eigenvalue weighted by atomic mass is 10.1. The number of esters is 1. The molecule has 19 heavy (non-hydrogen) atoms. The normalized spacial score (nSPS) is 12.2. The molecule has 6 heteroatoms. The number of anilines is 1. The van der Waals surface area contributed by atoms with E-state index in [0.29, 0.717) is 6.08 Å². The van der Waals surface area contributed by atoms with Crippen molar-refractivity contribution in [1.82, 2.24) is 0 Å². The maximum atomic E-state index is 12.8. The molecule has 1 N–H and O–H groups in total. The lowest BCUT2D eigenvalue weighted by Crippen LogP contribution is -2.21. The first kappa shape index (κ1) is 15.1. The van der Waals surface area contributed by atoms with Crippen LogP contribution in [0.3, 0.4) is 0 Å². The molecular weight excluding hydrogens is 259 g/mol. The summed E-state index contributed by atoms with van der Waals surface area (Å²) >= 11 is 0. The van der Waals surface area contributed by atoms with Crippen molar-refractivity contribution in [3.63, 3.8) is 0 Å². The van der Waals surface area contributed by atoms with Crippen LogP contribution >= 0.6 is 0 Å². The van der Waals surface area contributed by atoms with Gasteiger partial charge in [-0.15, -0.1) is 0 Å². The van der Waals surface area contributed by atoms with Gasteiger partial charge in [0.1, 0.15) is 5.70 Å². The average Bonchev–Trinajstić information content (AvgIpc) is 2.25. The second-order valence-corrected chi connectivity index (χ2v) is 4.08. The molecule has 0 saturated carbocycles. The molecular formula is C13H14F3NO2. The number of alkyl halides is 3. The van der Waals surface area contributed by atoms with Gasteiger partial charge in [0.05, 0.1) is 13.2 Å². The zero-order valence-corrected chi connectivity index (χ0v) is 10.8. The molecule has 0 fully saturated rings. The summed E-state index contributed by atoms with van der Waals surface area (Å²) in [6.07, 6.45) is -4.27. The van der Waals surface area contributed by atoms with Gasteiger partial charge in [0.15, 0.2) is 0 Å². The zero-order chi connectivity index (χ0) is 14.6. The Bertz CT molecular complexity index is 487. The number of hydrogen-bond acceptors (Lipinski definition) is 3. The number of rotatable bonds is 3. The maximum Gasteiger partial charge on any atom is 0.431 e. The Morgan fingerprint density at radius 1 is 1.21 bits per heavy atom. The van der Waals surface area contributed by atoms with Crippen molar-refractivity contribution >= 4 is 11.7 Å². The smallest absolute Gasteiger partial charge is 0.431 e. The van der Waals surface area contributed by atoms with Gasteiger partial charge >= 0.3 is 12.1 Å². The van der Waals surface area contributed by atoms with Crippen molar-refractivity contribution in [3.05, 3.63) is 41.1 Å². The number of aryl methyl sites for hydroxylation is 2. The van der Waals surface area contributed by atoms with E-state index in [9.17, 15) is 18.0 Å². The molecule has 0 aliphatic heterocycles. The van der Waals surface area contributed by atoms with Crippen molar-refractivity contribution in [2.45, 2.75) is 20.0 Å². The summed E-state index contributed by atoms with van der Waals surface area (Å²) in [7, 11) is 1.02. The molecule has 0 unspecified atom stereocenters. The van der Waals surface area contributed by atoms with Gasteiger partial charge in [0.25, 0.3) is 0 Å². The first-order chi connectivity index (χ1) is 8.72. The van der Waals surface area contributed by atoms with Gasteiger partial charge in [-0.3, -0.25) is 0 Å². The van der Waals surface area contributed by atoms with Crippen LogP contribution in [0.2, 0.25) is 0 Å². The number of nitrogens with one attached hydrogen (secondary N) is 1. The van der Waals surface area contributed by atoms with Gasteiger partial charge in [0, 0.05) is 5.69 Å². The van der Waals surface area contributed by atoms with Crippen molar-refractivity contribution in [1.29, 1.82) is 0 Å². The minimum Gasteiger partial charge on any atom is -0.466 e. The summed E-state index contributed by atoms with van der Waals surface area (Å²) in [5.74, 6) is -1.07. The van der Waals surface area contributed by atoms with Crippen LogP contribution in [0, 0.1) is 13.8 Å². The van der Waals surface area contributed by atoms with Crippen LogP contribution < -0.4 is 5.32 Å². The number of hydrogen-bond donors (Lipinski definition) is 1. The van der Waals surface area contributed by atoms with Gasteiger partial charge in [0.2, 0.25) is 0 Å². The molecule has 0 aliphatic carbocycles. The standard InChI is InChI=1S/C13H14F3NO2/c1-8-4-9(2)6-10(5-8)17-11(13(14,15)16)7-12(18)19-3/h4-7,17H,1-3H3/b11-7-. The third-order valence-electron chi connectivity index (χ3n) is 2.27. The highest BCUT2D eigenvalue weighted by molar-refractivity contribution is 5.83. The number of carbonyl (C=O) groups excluding carboxylic acids is 1. The van der Waals surface area contributed by atoms with Gasteiger partial charge in [-0.25, -0.2) is 4.79 Å². The quantitative estimate of drug-likeness (QED) is 0.678. The van der Waals surface area contributed by atoms with E-state index < -0.39 is 17.8 Å². The topological polar surface area (TPSA) is 38.3 Å². The number of halogens is 3. The summed E-state index contributed by atoms with van der Waals surface area (Å²) in [4.78, 5) is 11.0. The Balaban J connectivity index is 3.08. The van der Waals surface area contributed by atoms with E-state index in [0.717, 1.165) is 18.2 Å². The van der Waals surface area contributed by atoms with Crippen LogP contribution in [0.25, 0.3) is 0 Å². The van der Waals surface area contributed by atoms with Crippen LogP contribution in [0.5, 0.6) is 0 Å². The molecule has 1 rings (SSSR count). The fourth-order valence-electron chi connectivity index (χ4n) is 1.57. The molecule has 1 aromatic carbocycles. The van der Waals surface area contributed by atoms with Crippen LogP contribution in [0.4, 0.5) is 18.9 Å². The third-order valence-corrected chi connectivity index (χ3v) is 2.27. The monoisotopic (exact) mass is 273 g/mol. The first-order valence-corrected chi connectivity index (χ1v) is 5.44. The molecule has 0 aliphatic rings. The van der Waals surface area contributed by atoms with E-state index in [-0.39, 0.29) is 5.69 Å². The lowest BCUT2D eigenvalue weighted by molar-refractivity contribution is -0.135. The molecule has 1 aromatic rings. The summed E-state index contributed by atoms with van der Waals surface area (Å²) in [5, 5.41) is 2.20. The Kier molecular flexibility index (Phi) is 4.58. The summed E-state index contributed by atoms with van der Waals surface area (Å²) in [6.45, 7) is 3.55. The molecule has 104 valence electrons. The van der Waals surface area contributed by atoms with E-state index in [4.69, 9.17) is 0 Å². The number of carbonyl (C=O) groups is 1. The number of benzene rings is 1. The molecule has 0 bridgehead atoms. The Morgan fingerprint density at radius 2 is 1.74 bits per heavy atom. The highest BCUT2D eigenvalue weighted by Crippen LogP contribution is 2.27. The van der Waals surface area contributed by atoms with E-state index in [1.807, 2.05) is 6.07 Å². The molecule has 0 aromatic heterocycles. The minimum atomic E-state index is -4.66. The van der Waals surface area contributed by atoms with Gasteiger partial charge in [-0.05, 0) is 37.1 Å². The molecule has 0 atom stereocenters. The largest absolute Gasteiger partial charge is 0.466 e. The van der Waals surface area contributed by atoms with Gasteiger partial charge in [-0.1, -0.05) is 6.07 Å². The van der Waals surface area contributed by atoms with Crippen LogP contribution in [-0.4, -0.2) is 19.3 Å². The fraction of sp³-hybridized carbons (Fsp3) is 0.308. The molecule has 0 radical (unpaired) electrons. The maximum absolute atomic E-state index is 12.8. The molecule has 0 spiro atoms. The molecule has 0 saturated heterocycles. The Morgan fingerprint density at radius 3 is 2.16 bits per heavy atom. The first-order valence-electron chi connectivity index (χ1n) is 5.44. The van der Waals surface area contributed by atoms with Crippen molar-refractivity contribution < 1.29 is 22.7 Å². The average molecular weight is 273 g/mol. The van der Waals surface area contributed by atoms with Crippen LogP contribution in [0.15, 0.2) is 30.0 Å². The van der Waals surface area contributed by atoms with E-state index >= 15 is 0 Å². The Hall–Kier alpha value is -1.98. The zero-order valence-electron chi connectivity index (χ0n) is 10.8. The highest BCUT2D eigenvalue weighted by atomic mass is 19.4. The third kappa shape index (κ3) is 4.65. The number of ether oxygens (including phenoxy) is 1. The van der Waals surface area contributed by atoms with Crippen LogP contribution in [-0.2, 0) is 9.53 Å². The molecule has 3 nitrogen and oxygen atoms in total. The van der Waals surface area contributed by atoms with E-state index in [2.05, 4.69) is 10.1 Å². The van der Waals surface area contributed by atoms with Gasteiger partial charge < -0.3 is 10.1 Å². The summed E-state index contributed by atoms with van der Waals surface area (Å²) < 4.78 is 42.5. The molecule has 0 heterocycles. The van der Waals surface area contributed by atoms with Crippen molar-refractivity contribution in [3.8, 4) is 0 Å². The summed E-state index contributed by atoms with van der Waals surface area (Å²) in [6, 6.07) is 4.95. The number of allylic oxidation sites excluding steroid dienone is 1. The highest BCUT2D eigenvalue weighted by Gasteiger charge is 2.35. The van der Waals surface area contributed by atoms with Gasteiger partial charge in [-0.2, -0.15) is 13.2 Å². The summed E-state index contributed by atoms with van der Waals surface area (Å²) in [5.41, 5.74) is 0.749.